The normalized spacial score (nSPS) is 17.2. The van der Waals surface area contributed by atoms with Crippen LogP contribution in [0, 0.1) is 0 Å². The van der Waals surface area contributed by atoms with Crippen LogP contribution in [0.4, 0.5) is 5.69 Å². The molecule has 1 heterocycles. The molecule has 5 nitrogen and oxygen atoms in total. The Hall–Kier alpha value is -3.86. The lowest BCUT2D eigenvalue weighted by atomic mass is 9.87. The van der Waals surface area contributed by atoms with Gasteiger partial charge in [-0.3, -0.25) is 14.5 Å². The van der Waals surface area contributed by atoms with Crippen molar-refractivity contribution in [3.8, 4) is 5.75 Å². The molecule has 0 radical (unpaired) electrons. The van der Waals surface area contributed by atoms with Gasteiger partial charge in [0.25, 0.3) is 11.7 Å². The number of anilines is 1. The number of aliphatic hydroxyl groups is 1. The Labute approximate surface area is 232 Å². The second-order valence-electron chi connectivity index (χ2n) is 11.4. The van der Waals surface area contributed by atoms with E-state index in [0.29, 0.717) is 17.9 Å². The molecule has 0 saturated carbocycles. The summed E-state index contributed by atoms with van der Waals surface area (Å²) < 4.78 is 5.79. The van der Waals surface area contributed by atoms with Crippen LogP contribution in [0.3, 0.4) is 0 Å². The first-order valence-corrected chi connectivity index (χ1v) is 13.7. The Kier molecular flexibility index (Phi) is 8.01. The maximum absolute atomic E-state index is 13.6. The number of amides is 1. The SMILES string of the molecule is CCOc1ccc(/C(O)=C2/C(=O)C(=O)N(c3ccc(C(C)(C)C)cc3)C2c2ccc(CC)cc2)cc1C(C)C. The van der Waals surface area contributed by atoms with Crippen molar-refractivity contribution in [2.24, 2.45) is 0 Å². The van der Waals surface area contributed by atoms with Crippen molar-refractivity contribution in [1.29, 1.82) is 0 Å². The molecule has 3 aromatic rings. The minimum absolute atomic E-state index is 0.0517. The van der Waals surface area contributed by atoms with Gasteiger partial charge in [0.05, 0.1) is 18.2 Å². The molecule has 0 aliphatic carbocycles. The van der Waals surface area contributed by atoms with E-state index in [2.05, 4.69) is 41.5 Å². The van der Waals surface area contributed by atoms with E-state index in [1.54, 1.807) is 6.07 Å². The lowest BCUT2D eigenvalue weighted by Gasteiger charge is -2.27. The average Bonchev–Trinajstić information content (AvgIpc) is 3.18. The van der Waals surface area contributed by atoms with Gasteiger partial charge >= 0.3 is 0 Å². The minimum Gasteiger partial charge on any atom is -0.507 e. The topological polar surface area (TPSA) is 66.8 Å². The maximum Gasteiger partial charge on any atom is 0.300 e. The predicted octanol–water partition coefficient (Wildman–Crippen LogP) is 7.69. The van der Waals surface area contributed by atoms with Crippen molar-refractivity contribution in [3.63, 3.8) is 0 Å². The van der Waals surface area contributed by atoms with Gasteiger partial charge in [0, 0.05) is 11.3 Å². The number of Topliss-reactive ketones (excluding diaryl/α,β-unsaturated/α-hetero) is 1. The third-order valence-electron chi connectivity index (χ3n) is 7.36. The summed E-state index contributed by atoms with van der Waals surface area (Å²) in [6.45, 7) is 15.0. The number of aliphatic hydroxyl groups excluding tert-OH is 1. The van der Waals surface area contributed by atoms with Gasteiger partial charge in [0.2, 0.25) is 0 Å². The summed E-state index contributed by atoms with van der Waals surface area (Å²) in [5.74, 6) is -0.649. The van der Waals surface area contributed by atoms with Crippen LogP contribution in [0.15, 0.2) is 72.3 Å². The number of ether oxygens (including phenoxy) is 1. The summed E-state index contributed by atoms with van der Waals surface area (Å²) in [5, 5.41) is 11.6. The molecular formula is C34H39NO4. The molecule has 4 rings (SSSR count). The first-order valence-electron chi connectivity index (χ1n) is 13.7. The van der Waals surface area contributed by atoms with Gasteiger partial charge < -0.3 is 9.84 Å². The molecule has 39 heavy (non-hydrogen) atoms. The van der Waals surface area contributed by atoms with E-state index in [0.717, 1.165) is 34.4 Å². The van der Waals surface area contributed by atoms with Crippen LogP contribution in [-0.2, 0) is 21.4 Å². The number of rotatable bonds is 7. The molecule has 3 aromatic carbocycles. The molecule has 1 atom stereocenters. The summed E-state index contributed by atoms with van der Waals surface area (Å²) in [6.07, 6.45) is 0.874. The average molecular weight is 526 g/mol. The van der Waals surface area contributed by atoms with E-state index in [4.69, 9.17) is 4.74 Å². The number of aryl methyl sites for hydroxylation is 1. The number of hydrogen-bond acceptors (Lipinski definition) is 4. The Balaban J connectivity index is 1.90. The Bertz CT molecular complexity index is 1390. The van der Waals surface area contributed by atoms with Crippen molar-refractivity contribution >= 4 is 23.1 Å². The highest BCUT2D eigenvalue weighted by atomic mass is 16.5. The number of ketones is 1. The zero-order valence-corrected chi connectivity index (χ0v) is 24.0. The van der Waals surface area contributed by atoms with Crippen LogP contribution in [0.25, 0.3) is 5.76 Å². The first-order chi connectivity index (χ1) is 18.5. The third-order valence-corrected chi connectivity index (χ3v) is 7.36. The molecule has 1 unspecified atom stereocenters. The lowest BCUT2D eigenvalue weighted by Crippen LogP contribution is -2.29. The fraction of sp³-hybridized carbons (Fsp3) is 0.353. The van der Waals surface area contributed by atoms with E-state index in [9.17, 15) is 14.7 Å². The van der Waals surface area contributed by atoms with Crippen LogP contribution in [0.1, 0.15) is 88.2 Å². The molecule has 0 bridgehead atoms. The van der Waals surface area contributed by atoms with E-state index in [1.165, 1.54) is 4.90 Å². The second kappa shape index (κ2) is 11.1. The van der Waals surface area contributed by atoms with Crippen LogP contribution < -0.4 is 9.64 Å². The number of benzene rings is 3. The Morgan fingerprint density at radius 1 is 0.949 bits per heavy atom. The highest BCUT2D eigenvalue weighted by molar-refractivity contribution is 6.51. The monoisotopic (exact) mass is 525 g/mol. The van der Waals surface area contributed by atoms with Gasteiger partial charge in [-0.25, -0.2) is 0 Å². The molecule has 1 N–H and O–H groups in total. The maximum atomic E-state index is 13.6. The number of hydrogen-bond donors (Lipinski definition) is 1. The molecule has 1 saturated heterocycles. The van der Waals surface area contributed by atoms with Crippen molar-refractivity contribution in [3.05, 3.63) is 100 Å². The summed E-state index contributed by atoms with van der Waals surface area (Å²) in [4.78, 5) is 28.7. The van der Waals surface area contributed by atoms with E-state index < -0.39 is 17.7 Å². The second-order valence-corrected chi connectivity index (χ2v) is 11.4. The van der Waals surface area contributed by atoms with E-state index in [-0.39, 0.29) is 22.7 Å². The van der Waals surface area contributed by atoms with Crippen LogP contribution in [0.2, 0.25) is 0 Å². The molecular weight excluding hydrogens is 486 g/mol. The van der Waals surface area contributed by atoms with Crippen LogP contribution in [0.5, 0.6) is 5.75 Å². The minimum atomic E-state index is -0.759. The van der Waals surface area contributed by atoms with Gasteiger partial charge in [-0.1, -0.05) is 77.9 Å². The molecule has 1 amide bonds. The molecule has 0 spiro atoms. The molecule has 5 heteroatoms. The number of carbonyl (C=O) groups excluding carboxylic acids is 2. The van der Waals surface area contributed by atoms with Crippen LogP contribution in [-0.4, -0.2) is 23.4 Å². The van der Waals surface area contributed by atoms with Crippen molar-refractivity contribution in [1.82, 2.24) is 0 Å². The summed E-state index contributed by atoms with van der Waals surface area (Å²) in [5.41, 5.74) is 5.11. The van der Waals surface area contributed by atoms with Gasteiger partial charge in [-0.05, 0) is 77.3 Å². The van der Waals surface area contributed by atoms with E-state index in [1.807, 2.05) is 67.6 Å². The lowest BCUT2D eigenvalue weighted by molar-refractivity contribution is -0.132. The van der Waals surface area contributed by atoms with Gasteiger partial charge in [-0.15, -0.1) is 0 Å². The van der Waals surface area contributed by atoms with E-state index >= 15 is 0 Å². The fourth-order valence-electron chi connectivity index (χ4n) is 5.06. The summed E-state index contributed by atoms with van der Waals surface area (Å²) in [6, 6.07) is 20.3. The van der Waals surface area contributed by atoms with Gasteiger partial charge in [0.15, 0.2) is 0 Å². The molecule has 0 aromatic heterocycles. The molecule has 1 aliphatic heterocycles. The molecule has 1 fully saturated rings. The molecule has 1 aliphatic rings. The highest BCUT2D eigenvalue weighted by Crippen LogP contribution is 2.43. The van der Waals surface area contributed by atoms with Gasteiger partial charge in [0.1, 0.15) is 11.5 Å². The zero-order valence-electron chi connectivity index (χ0n) is 24.0. The first kappa shape index (κ1) is 28.2. The number of carbonyl (C=O) groups is 2. The smallest absolute Gasteiger partial charge is 0.300 e. The number of nitrogens with zero attached hydrogens (tertiary/aromatic N) is 1. The predicted molar refractivity (Wildman–Crippen MR) is 157 cm³/mol. The quantitative estimate of drug-likeness (QED) is 0.195. The highest BCUT2D eigenvalue weighted by Gasteiger charge is 2.47. The summed E-state index contributed by atoms with van der Waals surface area (Å²) >= 11 is 0. The van der Waals surface area contributed by atoms with Crippen molar-refractivity contribution < 1.29 is 19.4 Å². The molecule has 204 valence electrons. The largest absolute Gasteiger partial charge is 0.507 e. The Morgan fingerprint density at radius 2 is 1.59 bits per heavy atom. The van der Waals surface area contributed by atoms with Crippen molar-refractivity contribution in [2.45, 2.75) is 72.3 Å². The fourth-order valence-corrected chi connectivity index (χ4v) is 5.06. The standard InChI is InChI=1S/C34H39NO4/c1-8-22-10-12-23(13-11-22)30-29(31(36)24-14-19-28(39-9-2)27(20-24)21(3)4)32(37)33(38)35(30)26-17-15-25(16-18-26)34(5,6)7/h10-21,30,36H,8-9H2,1-7H3/b31-29-. The van der Waals surface area contributed by atoms with Crippen molar-refractivity contribution in [2.75, 3.05) is 11.5 Å². The Morgan fingerprint density at radius 3 is 2.13 bits per heavy atom. The zero-order chi connectivity index (χ0) is 28.5. The third kappa shape index (κ3) is 5.49. The van der Waals surface area contributed by atoms with Gasteiger partial charge in [-0.2, -0.15) is 0 Å². The summed E-state index contributed by atoms with van der Waals surface area (Å²) in [7, 11) is 0. The van der Waals surface area contributed by atoms with Crippen LogP contribution >= 0.6 is 0 Å².